The molecule has 10 aromatic carbocycles. The van der Waals surface area contributed by atoms with Crippen molar-refractivity contribution in [2.24, 2.45) is 0 Å². The Balaban J connectivity index is 1.03. The van der Waals surface area contributed by atoms with Crippen molar-refractivity contribution in [1.29, 1.82) is 0 Å². The van der Waals surface area contributed by atoms with E-state index in [2.05, 4.69) is 229 Å². The van der Waals surface area contributed by atoms with Crippen LogP contribution in [0.5, 0.6) is 0 Å². The van der Waals surface area contributed by atoms with Gasteiger partial charge in [-0.05, 0) is 121 Å². The normalized spacial score (nSPS) is 12.7. The van der Waals surface area contributed by atoms with Crippen molar-refractivity contribution < 1.29 is 4.42 Å². The zero-order valence-corrected chi connectivity index (χ0v) is 33.4. The molecule has 0 bridgehead atoms. The molecule has 0 radical (unpaired) electrons. The minimum Gasteiger partial charge on any atom is -0.456 e. The van der Waals surface area contributed by atoms with Crippen LogP contribution in [-0.2, 0) is 5.41 Å². The van der Waals surface area contributed by atoms with Crippen molar-refractivity contribution in [3.8, 4) is 33.4 Å². The topological polar surface area (TPSA) is 16.4 Å². The highest BCUT2D eigenvalue weighted by Gasteiger charge is 2.46. The first-order valence-corrected chi connectivity index (χ1v) is 21.0. The molecule has 0 saturated heterocycles. The number of nitrogens with zero attached hydrogens (tertiary/aromatic N) is 1. The molecule has 0 amide bonds. The number of fused-ring (bicyclic) bond motifs is 7. The number of anilines is 3. The third-order valence-corrected chi connectivity index (χ3v) is 12.8. The molecule has 0 spiro atoms. The van der Waals surface area contributed by atoms with Gasteiger partial charge in [0.1, 0.15) is 11.2 Å². The first-order chi connectivity index (χ1) is 30.2. The SMILES string of the molecule is c1ccc(C2(c3ccccc3)c3ccccc3-c3ccc(N(c4ccc(-c5ccc6oc7ccccc7c6c5)cc4)c4ccc(-c5cccc6ccccc56)cc4)cc32)cc1. The summed E-state index contributed by atoms with van der Waals surface area (Å²) in [7, 11) is 0. The maximum atomic E-state index is 6.17. The lowest BCUT2D eigenvalue weighted by molar-refractivity contribution is 0.669. The summed E-state index contributed by atoms with van der Waals surface area (Å²) in [5, 5.41) is 4.76. The molecule has 11 aromatic rings. The fourth-order valence-corrected chi connectivity index (χ4v) is 9.99. The number of para-hydroxylation sites is 1. The first kappa shape index (κ1) is 35.0. The van der Waals surface area contributed by atoms with Crippen LogP contribution in [-0.4, -0.2) is 0 Å². The van der Waals surface area contributed by atoms with Gasteiger partial charge in [-0.2, -0.15) is 0 Å². The maximum absolute atomic E-state index is 6.17. The molecule has 1 aliphatic rings. The van der Waals surface area contributed by atoms with Gasteiger partial charge in [0, 0.05) is 27.8 Å². The van der Waals surface area contributed by atoms with Crippen LogP contribution >= 0.6 is 0 Å². The molecule has 0 unspecified atom stereocenters. The van der Waals surface area contributed by atoms with E-state index in [1.54, 1.807) is 0 Å². The number of furan rings is 1. The van der Waals surface area contributed by atoms with Gasteiger partial charge in [0.25, 0.3) is 0 Å². The van der Waals surface area contributed by atoms with E-state index in [-0.39, 0.29) is 0 Å². The number of rotatable bonds is 7. The maximum Gasteiger partial charge on any atom is 0.135 e. The molecule has 2 nitrogen and oxygen atoms in total. The smallest absolute Gasteiger partial charge is 0.135 e. The van der Waals surface area contributed by atoms with Gasteiger partial charge in [-0.15, -0.1) is 0 Å². The highest BCUT2D eigenvalue weighted by Crippen LogP contribution is 2.57. The zero-order chi connectivity index (χ0) is 40.3. The van der Waals surface area contributed by atoms with Gasteiger partial charge in [-0.3, -0.25) is 0 Å². The third kappa shape index (κ3) is 5.57. The first-order valence-electron chi connectivity index (χ1n) is 21.0. The molecule has 286 valence electrons. The largest absolute Gasteiger partial charge is 0.456 e. The summed E-state index contributed by atoms with van der Waals surface area (Å²) in [4.78, 5) is 2.41. The molecule has 0 atom stereocenters. The fraction of sp³-hybridized carbons (Fsp3) is 0.0169. The second kappa shape index (κ2) is 14.1. The summed E-state index contributed by atoms with van der Waals surface area (Å²) in [6.45, 7) is 0. The van der Waals surface area contributed by atoms with E-state index in [0.29, 0.717) is 0 Å². The van der Waals surface area contributed by atoms with E-state index in [1.165, 1.54) is 55.3 Å². The summed E-state index contributed by atoms with van der Waals surface area (Å²) < 4.78 is 6.17. The lowest BCUT2D eigenvalue weighted by Crippen LogP contribution is -2.28. The molecule has 0 N–H and O–H groups in total. The number of hydrogen-bond acceptors (Lipinski definition) is 2. The average Bonchev–Trinajstić information content (AvgIpc) is 3.86. The van der Waals surface area contributed by atoms with Crippen LogP contribution in [0.4, 0.5) is 17.1 Å². The molecule has 12 rings (SSSR count). The Bertz CT molecular complexity index is 3360. The van der Waals surface area contributed by atoms with Gasteiger partial charge in [-0.1, -0.05) is 182 Å². The van der Waals surface area contributed by atoms with Gasteiger partial charge in [0.05, 0.1) is 5.41 Å². The van der Waals surface area contributed by atoms with Crippen LogP contribution in [0.3, 0.4) is 0 Å². The van der Waals surface area contributed by atoms with E-state index in [1.807, 2.05) is 12.1 Å². The summed E-state index contributed by atoms with van der Waals surface area (Å²) in [5.74, 6) is 0. The quantitative estimate of drug-likeness (QED) is 0.160. The van der Waals surface area contributed by atoms with Gasteiger partial charge in [0.15, 0.2) is 0 Å². The monoisotopic (exact) mass is 777 g/mol. The highest BCUT2D eigenvalue weighted by molar-refractivity contribution is 6.06. The molecule has 0 fully saturated rings. The molecule has 0 saturated carbocycles. The van der Waals surface area contributed by atoms with Crippen LogP contribution in [0.1, 0.15) is 22.3 Å². The van der Waals surface area contributed by atoms with Crippen LogP contribution in [0, 0.1) is 0 Å². The Morgan fingerprint density at radius 2 is 0.852 bits per heavy atom. The molecule has 1 heterocycles. The van der Waals surface area contributed by atoms with E-state index >= 15 is 0 Å². The molecule has 0 aliphatic heterocycles. The minimum atomic E-state index is -0.506. The van der Waals surface area contributed by atoms with Crippen LogP contribution in [0.25, 0.3) is 66.1 Å². The average molecular weight is 778 g/mol. The summed E-state index contributed by atoms with van der Waals surface area (Å²) in [6.07, 6.45) is 0. The molecule has 61 heavy (non-hydrogen) atoms. The van der Waals surface area contributed by atoms with Crippen molar-refractivity contribution >= 4 is 49.8 Å². The second-order valence-corrected chi connectivity index (χ2v) is 16.0. The van der Waals surface area contributed by atoms with Crippen molar-refractivity contribution in [3.63, 3.8) is 0 Å². The van der Waals surface area contributed by atoms with E-state index < -0.39 is 5.41 Å². The highest BCUT2D eigenvalue weighted by atomic mass is 16.3. The number of benzene rings is 10. The van der Waals surface area contributed by atoms with Gasteiger partial charge in [0.2, 0.25) is 0 Å². The Kier molecular flexibility index (Phi) is 8.11. The minimum absolute atomic E-state index is 0.506. The van der Waals surface area contributed by atoms with E-state index in [4.69, 9.17) is 4.42 Å². The standard InChI is InChI=1S/C59H39NO/c1-3-16-44(17-4-1)59(45-18-5-2-6-19-45)55-24-11-9-21-51(55)52-36-35-48(39-56(52)59)60(47-33-28-42(29-34-47)50-23-13-15-41-14-7-8-20-49(41)50)46-31-26-40(27-32-46)43-30-37-58-54(38-43)53-22-10-12-25-57(53)61-58/h1-39H. The van der Waals surface area contributed by atoms with Crippen LogP contribution < -0.4 is 4.90 Å². The molecule has 1 aromatic heterocycles. The lowest BCUT2D eigenvalue weighted by atomic mass is 9.67. The van der Waals surface area contributed by atoms with Gasteiger partial charge in [-0.25, -0.2) is 0 Å². The summed E-state index contributed by atoms with van der Waals surface area (Å²) in [5.41, 5.74) is 16.9. The van der Waals surface area contributed by atoms with Gasteiger partial charge >= 0.3 is 0 Å². The van der Waals surface area contributed by atoms with Crippen molar-refractivity contribution in [2.45, 2.75) is 5.41 Å². The zero-order valence-electron chi connectivity index (χ0n) is 33.4. The van der Waals surface area contributed by atoms with Crippen LogP contribution in [0.2, 0.25) is 0 Å². The summed E-state index contributed by atoms with van der Waals surface area (Å²) >= 11 is 0. The predicted molar refractivity (Wildman–Crippen MR) is 254 cm³/mol. The molecule has 2 heteroatoms. The summed E-state index contributed by atoms with van der Waals surface area (Å²) in [6, 6.07) is 86.2. The van der Waals surface area contributed by atoms with Crippen molar-refractivity contribution in [3.05, 3.63) is 259 Å². The Hall–Kier alpha value is -7.94. The molecular formula is C59H39NO. The third-order valence-electron chi connectivity index (χ3n) is 12.8. The predicted octanol–water partition coefficient (Wildman–Crippen LogP) is 15.9. The Labute approximate surface area is 355 Å². The van der Waals surface area contributed by atoms with Gasteiger partial charge < -0.3 is 9.32 Å². The van der Waals surface area contributed by atoms with Crippen molar-refractivity contribution in [2.75, 3.05) is 4.90 Å². The van der Waals surface area contributed by atoms with E-state index in [0.717, 1.165) is 50.1 Å². The molecule has 1 aliphatic carbocycles. The molecular weight excluding hydrogens is 739 g/mol. The van der Waals surface area contributed by atoms with Crippen LogP contribution in [0.15, 0.2) is 241 Å². The number of hydrogen-bond donors (Lipinski definition) is 0. The fourth-order valence-electron chi connectivity index (χ4n) is 9.99. The lowest BCUT2D eigenvalue weighted by Gasteiger charge is -2.35. The Morgan fingerprint density at radius 3 is 1.61 bits per heavy atom. The van der Waals surface area contributed by atoms with Crippen molar-refractivity contribution in [1.82, 2.24) is 0 Å². The Morgan fingerprint density at radius 1 is 0.311 bits per heavy atom. The second-order valence-electron chi connectivity index (χ2n) is 16.0. The van der Waals surface area contributed by atoms with E-state index in [9.17, 15) is 0 Å².